The lowest BCUT2D eigenvalue weighted by Crippen LogP contribution is -2.02. The van der Waals surface area contributed by atoms with Gasteiger partial charge in [-0.15, -0.1) is 11.3 Å². The first-order valence-electron chi connectivity index (χ1n) is 4.51. The average Bonchev–Trinajstić information content (AvgIpc) is 2.74. The predicted octanol–water partition coefficient (Wildman–Crippen LogP) is 2.21. The van der Waals surface area contributed by atoms with Gasteiger partial charge in [0.2, 0.25) is 0 Å². The molecular weight excluding hydrogens is 196 g/mol. The van der Waals surface area contributed by atoms with Crippen LogP contribution in [-0.4, -0.2) is 11.5 Å². The number of oxazole rings is 1. The Morgan fingerprint density at radius 1 is 1.57 bits per heavy atom. The van der Waals surface area contributed by atoms with Crippen molar-refractivity contribution in [2.45, 2.75) is 13.3 Å². The molecule has 2 aromatic heterocycles. The largest absolute Gasteiger partial charge is 0.440 e. The number of hydrogen-bond donors (Lipinski definition) is 1. The molecular formula is C10H12N2OS. The van der Waals surface area contributed by atoms with Crippen molar-refractivity contribution in [3.8, 4) is 10.6 Å². The first-order valence-corrected chi connectivity index (χ1v) is 5.39. The molecule has 0 fully saturated rings. The van der Waals surface area contributed by atoms with Crippen LogP contribution in [0.25, 0.3) is 10.6 Å². The van der Waals surface area contributed by atoms with Gasteiger partial charge < -0.3 is 10.2 Å². The molecule has 0 spiro atoms. The maximum absolute atomic E-state index is 5.62. The third-order valence-electron chi connectivity index (χ3n) is 1.94. The van der Waals surface area contributed by atoms with Crippen molar-refractivity contribution in [3.63, 3.8) is 0 Å². The van der Waals surface area contributed by atoms with Crippen molar-refractivity contribution < 1.29 is 4.42 Å². The van der Waals surface area contributed by atoms with Gasteiger partial charge >= 0.3 is 0 Å². The third kappa shape index (κ3) is 1.71. The van der Waals surface area contributed by atoms with Crippen LogP contribution < -0.4 is 5.73 Å². The fourth-order valence-corrected chi connectivity index (χ4v) is 2.08. The first-order chi connectivity index (χ1) is 6.81. The minimum atomic E-state index is 0.573. The van der Waals surface area contributed by atoms with Crippen molar-refractivity contribution >= 4 is 11.3 Å². The first kappa shape index (κ1) is 9.43. The highest BCUT2D eigenvalue weighted by Gasteiger charge is 2.11. The molecule has 0 saturated carbocycles. The van der Waals surface area contributed by atoms with E-state index in [1.54, 1.807) is 11.3 Å². The summed E-state index contributed by atoms with van der Waals surface area (Å²) < 4.78 is 5.62. The fraction of sp³-hybridized carbons (Fsp3) is 0.300. The van der Waals surface area contributed by atoms with Crippen molar-refractivity contribution in [2.75, 3.05) is 6.54 Å². The lowest BCUT2D eigenvalue weighted by atomic mass is 10.3. The monoisotopic (exact) mass is 208 g/mol. The summed E-state index contributed by atoms with van der Waals surface area (Å²) in [6.07, 6.45) is 0.701. The highest BCUT2D eigenvalue weighted by molar-refractivity contribution is 7.13. The molecule has 2 heterocycles. The van der Waals surface area contributed by atoms with Gasteiger partial charge in [-0.25, -0.2) is 4.98 Å². The number of hydrogen-bond acceptors (Lipinski definition) is 4. The number of aromatic nitrogens is 1. The Labute approximate surface area is 86.6 Å². The van der Waals surface area contributed by atoms with Gasteiger partial charge in [-0.3, -0.25) is 0 Å². The maximum atomic E-state index is 5.62. The van der Waals surface area contributed by atoms with Crippen molar-refractivity contribution in [3.05, 3.63) is 29.1 Å². The predicted molar refractivity (Wildman–Crippen MR) is 57.3 cm³/mol. The number of aryl methyl sites for hydroxylation is 1. The topological polar surface area (TPSA) is 52.0 Å². The van der Waals surface area contributed by atoms with Gasteiger partial charge in [-0.1, -0.05) is 6.07 Å². The number of rotatable bonds is 3. The van der Waals surface area contributed by atoms with E-state index in [1.165, 1.54) is 0 Å². The Bertz CT molecular complexity index is 406. The van der Waals surface area contributed by atoms with Crippen molar-refractivity contribution in [2.24, 2.45) is 5.73 Å². The fourth-order valence-electron chi connectivity index (χ4n) is 1.32. The molecule has 4 heteroatoms. The van der Waals surface area contributed by atoms with Crippen LogP contribution in [0.1, 0.15) is 11.6 Å². The van der Waals surface area contributed by atoms with Gasteiger partial charge in [0.05, 0.1) is 10.6 Å². The van der Waals surface area contributed by atoms with Crippen LogP contribution in [0.5, 0.6) is 0 Å². The van der Waals surface area contributed by atoms with E-state index in [2.05, 4.69) is 4.98 Å². The van der Waals surface area contributed by atoms with E-state index in [-0.39, 0.29) is 0 Å². The minimum absolute atomic E-state index is 0.573. The van der Waals surface area contributed by atoms with Crippen molar-refractivity contribution in [1.82, 2.24) is 4.98 Å². The second kappa shape index (κ2) is 3.94. The number of thiophene rings is 1. The molecule has 74 valence electrons. The second-order valence-electron chi connectivity index (χ2n) is 3.04. The summed E-state index contributed by atoms with van der Waals surface area (Å²) in [5.74, 6) is 1.61. The Morgan fingerprint density at radius 2 is 2.43 bits per heavy atom. The van der Waals surface area contributed by atoms with Crippen LogP contribution in [0.4, 0.5) is 0 Å². The molecule has 0 aliphatic rings. The standard InChI is InChI=1S/C10H12N2OS/c1-7-10(8-3-2-6-14-8)13-9(12-7)4-5-11/h2-3,6H,4-5,11H2,1H3. The molecule has 2 rings (SSSR count). The molecule has 0 aromatic carbocycles. The molecule has 0 amide bonds. The molecule has 2 N–H and O–H groups in total. The van der Waals surface area contributed by atoms with E-state index in [4.69, 9.17) is 10.2 Å². The van der Waals surface area contributed by atoms with Gasteiger partial charge in [0.25, 0.3) is 0 Å². The van der Waals surface area contributed by atoms with E-state index in [0.717, 1.165) is 22.2 Å². The molecule has 0 bridgehead atoms. The molecule has 14 heavy (non-hydrogen) atoms. The highest BCUT2D eigenvalue weighted by atomic mass is 32.1. The van der Waals surface area contributed by atoms with E-state index >= 15 is 0 Å². The maximum Gasteiger partial charge on any atom is 0.196 e. The molecule has 0 unspecified atom stereocenters. The van der Waals surface area contributed by atoms with Gasteiger partial charge in [0.1, 0.15) is 0 Å². The van der Waals surface area contributed by atoms with Crippen LogP contribution >= 0.6 is 11.3 Å². The molecule has 2 aromatic rings. The lowest BCUT2D eigenvalue weighted by Gasteiger charge is -1.90. The van der Waals surface area contributed by atoms with Crippen LogP contribution in [0.3, 0.4) is 0 Å². The van der Waals surface area contributed by atoms with Crippen LogP contribution in [0, 0.1) is 6.92 Å². The van der Waals surface area contributed by atoms with E-state index < -0.39 is 0 Å². The number of nitrogens with zero attached hydrogens (tertiary/aromatic N) is 1. The van der Waals surface area contributed by atoms with E-state index in [9.17, 15) is 0 Å². The van der Waals surface area contributed by atoms with Gasteiger partial charge in [0, 0.05) is 13.0 Å². The zero-order chi connectivity index (χ0) is 9.97. The summed E-state index contributed by atoms with van der Waals surface area (Å²) in [5, 5.41) is 2.03. The zero-order valence-corrected chi connectivity index (χ0v) is 8.80. The summed E-state index contributed by atoms with van der Waals surface area (Å²) in [6.45, 7) is 2.53. The van der Waals surface area contributed by atoms with Crippen LogP contribution in [-0.2, 0) is 6.42 Å². The van der Waals surface area contributed by atoms with Crippen LogP contribution in [0.15, 0.2) is 21.9 Å². The molecule has 0 aliphatic carbocycles. The molecule has 0 aliphatic heterocycles. The zero-order valence-electron chi connectivity index (χ0n) is 7.99. The Hall–Kier alpha value is -1.13. The van der Waals surface area contributed by atoms with E-state index in [0.29, 0.717) is 13.0 Å². The van der Waals surface area contributed by atoms with Crippen LogP contribution in [0.2, 0.25) is 0 Å². The third-order valence-corrected chi connectivity index (χ3v) is 2.81. The van der Waals surface area contributed by atoms with Gasteiger partial charge in [-0.05, 0) is 18.4 Å². The van der Waals surface area contributed by atoms with Gasteiger partial charge in [0.15, 0.2) is 11.7 Å². The summed E-state index contributed by atoms with van der Waals surface area (Å²) in [7, 11) is 0. The Morgan fingerprint density at radius 3 is 3.07 bits per heavy atom. The smallest absolute Gasteiger partial charge is 0.196 e. The minimum Gasteiger partial charge on any atom is -0.440 e. The lowest BCUT2D eigenvalue weighted by molar-refractivity contribution is 0.509. The Kier molecular flexibility index (Phi) is 2.65. The number of nitrogens with two attached hydrogens (primary N) is 1. The summed E-state index contributed by atoms with van der Waals surface area (Å²) in [5.41, 5.74) is 6.38. The summed E-state index contributed by atoms with van der Waals surface area (Å²) in [4.78, 5) is 5.44. The van der Waals surface area contributed by atoms with Crippen molar-refractivity contribution in [1.29, 1.82) is 0 Å². The molecule has 0 atom stereocenters. The summed E-state index contributed by atoms with van der Waals surface area (Å²) >= 11 is 1.66. The second-order valence-corrected chi connectivity index (χ2v) is 3.99. The highest BCUT2D eigenvalue weighted by Crippen LogP contribution is 2.28. The molecule has 0 radical (unpaired) electrons. The van der Waals surface area contributed by atoms with Gasteiger partial charge in [-0.2, -0.15) is 0 Å². The normalized spacial score (nSPS) is 10.7. The summed E-state index contributed by atoms with van der Waals surface area (Å²) in [6, 6.07) is 4.04. The molecule has 0 saturated heterocycles. The quantitative estimate of drug-likeness (QED) is 0.841. The van der Waals surface area contributed by atoms with E-state index in [1.807, 2.05) is 24.4 Å². The SMILES string of the molecule is Cc1nc(CCN)oc1-c1cccs1. The average molecular weight is 208 g/mol. The Balaban J connectivity index is 2.35. The molecule has 3 nitrogen and oxygen atoms in total.